The fourth-order valence-corrected chi connectivity index (χ4v) is 1.37. The summed E-state index contributed by atoms with van der Waals surface area (Å²) < 4.78 is 0. The number of rotatable bonds is 2. The van der Waals surface area contributed by atoms with E-state index in [1.165, 1.54) is 0 Å². The number of carbonyl (C=O) groups is 1. The molecular weight excluding hydrogens is 156 g/mol. The van der Waals surface area contributed by atoms with Crippen molar-refractivity contribution in [2.75, 3.05) is 0 Å². The summed E-state index contributed by atoms with van der Waals surface area (Å²) in [5.41, 5.74) is 1.77. The van der Waals surface area contributed by atoms with Gasteiger partial charge in [0.15, 0.2) is 0 Å². The molecular formula is C8H10N2O2. The molecule has 2 rings (SSSR count). The van der Waals surface area contributed by atoms with Gasteiger partial charge in [-0.3, -0.25) is 5.10 Å². The molecule has 1 aliphatic carbocycles. The third-order valence-electron chi connectivity index (χ3n) is 2.15. The number of aryl methyl sites for hydroxylation is 1. The number of hydrogen-bond donors (Lipinski definition) is 2. The number of nitrogens with one attached hydrogen (secondary N) is 1. The third kappa shape index (κ3) is 0.995. The summed E-state index contributed by atoms with van der Waals surface area (Å²) in [6.07, 6.45) is 2.15. The van der Waals surface area contributed by atoms with E-state index >= 15 is 0 Å². The van der Waals surface area contributed by atoms with Gasteiger partial charge in [-0.2, -0.15) is 5.10 Å². The predicted octanol–water partition coefficient (Wildman–Crippen LogP) is 1.29. The van der Waals surface area contributed by atoms with Crippen LogP contribution >= 0.6 is 0 Å². The molecule has 1 saturated carbocycles. The van der Waals surface area contributed by atoms with Crippen molar-refractivity contribution in [3.8, 4) is 0 Å². The molecule has 4 heteroatoms. The minimum Gasteiger partial charge on any atom is -0.478 e. The van der Waals surface area contributed by atoms with Crippen molar-refractivity contribution < 1.29 is 9.90 Å². The number of aromatic nitrogens is 2. The van der Waals surface area contributed by atoms with Gasteiger partial charge in [-0.1, -0.05) is 0 Å². The van der Waals surface area contributed by atoms with Gasteiger partial charge in [-0.05, 0) is 19.8 Å². The molecule has 0 aromatic carbocycles. The minimum atomic E-state index is -0.872. The van der Waals surface area contributed by atoms with E-state index in [1.807, 2.05) is 0 Å². The zero-order chi connectivity index (χ0) is 8.72. The lowest BCUT2D eigenvalue weighted by molar-refractivity contribution is 0.0695. The molecule has 4 nitrogen and oxygen atoms in total. The molecule has 0 spiro atoms. The monoisotopic (exact) mass is 166 g/mol. The third-order valence-corrected chi connectivity index (χ3v) is 2.15. The van der Waals surface area contributed by atoms with Gasteiger partial charge in [0.2, 0.25) is 0 Å². The predicted molar refractivity (Wildman–Crippen MR) is 42.3 cm³/mol. The van der Waals surface area contributed by atoms with E-state index in [4.69, 9.17) is 5.11 Å². The van der Waals surface area contributed by atoms with E-state index in [0.717, 1.165) is 18.5 Å². The van der Waals surface area contributed by atoms with E-state index in [2.05, 4.69) is 10.2 Å². The van der Waals surface area contributed by atoms with Gasteiger partial charge in [0.25, 0.3) is 0 Å². The average Bonchev–Trinajstić information content (AvgIpc) is 2.75. The number of H-pyrrole nitrogens is 1. The average molecular weight is 166 g/mol. The normalized spacial score (nSPS) is 16.4. The van der Waals surface area contributed by atoms with Crippen molar-refractivity contribution in [2.45, 2.75) is 25.7 Å². The summed E-state index contributed by atoms with van der Waals surface area (Å²) >= 11 is 0. The zero-order valence-corrected chi connectivity index (χ0v) is 6.79. The summed E-state index contributed by atoms with van der Waals surface area (Å²) in [7, 11) is 0. The van der Waals surface area contributed by atoms with E-state index < -0.39 is 5.97 Å². The van der Waals surface area contributed by atoms with Crippen molar-refractivity contribution >= 4 is 5.97 Å². The van der Waals surface area contributed by atoms with Crippen LogP contribution in [0.2, 0.25) is 0 Å². The highest BCUT2D eigenvalue weighted by Crippen LogP contribution is 2.40. The Bertz CT molecular complexity index is 326. The minimum absolute atomic E-state index is 0.373. The van der Waals surface area contributed by atoms with Crippen LogP contribution in [0.25, 0.3) is 0 Å². The highest BCUT2D eigenvalue weighted by Gasteiger charge is 2.31. The van der Waals surface area contributed by atoms with Crippen LogP contribution in [0.5, 0.6) is 0 Å². The maximum Gasteiger partial charge on any atom is 0.339 e. The van der Waals surface area contributed by atoms with Crippen LogP contribution in [-0.2, 0) is 0 Å². The van der Waals surface area contributed by atoms with Gasteiger partial charge in [0, 0.05) is 11.6 Å². The van der Waals surface area contributed by atoms with Gasteiger partial charge in [-0.25, -0.2) is 4.79 Å². The lowest BCUT2D eigenvalue weighted by atomic mass is 10.1. The largest absolute Gasteiger partial charge is 0.478 e. The topological polar surface area (TPSA) is 66.0 Å². The Balaban J connectivity index is 2.46. The number of aromatic amines is 1. The fourth-order valence-electron chi connectivity index (χ4n) is 1.37. The van der Waals surface area contributed by atoms with Gasteiger partial charge < -0.3 is 5.11 Å². The number of carboxylic acid groups (broad SMARTS) is 1. The van der Waals surface area contributed by atoms with Crippen LogP contribution < -0.4 is 0 Å². The molecule has 1 aromatic rings. The molecule has 12 heavy (non-hydrogen) atoms. The van der Waals surface area contributed by atoms with Gasteiger partial charge >= 0.3 is 5.97 Å². The lowest BCUT2D eigenvalue weighted by Gasteiger charge is -1.93. The standard InChI is InChI=1S/C8H10N2O2/c1-4-6(8(11)12)7(10-9-4)5-2-3-5/h5H,2-3H2,1H3,(H,9,10)(H,11,12). The maximum atomic E-state index is 10.8. The summed E-state index contributed by atoms with van der Waals surface area (Å²) in [6.45, 7) is 1.74. The molecule has 0 bridgehead atoms. The molecule has 1 heterocycles. The van der Waals surface area contributed by atoms with Crippen LogP contribution in [0, 0.1) is 6.92 Å². The van der Waals surface area contributed by atoms with Crippen molar-refractivity contribution in [3.63, 3.8) is 0 Å². The Morgan fingerprint density at radius 3 is 2.83 bits per heavy atom. The Hall–Kier alpha value is -1.32. The van der Waals surface area contributed by atoms with Crippen LogP contribution in [0.1, 0.15) is 40.5 Å². The van der Waals surface area contributed by atoms with Gasteiger partial charge in [0.1, 0.15) is 5.56 Å². The summed E-state index contributed by atoms with van der Waals surface area (Å²) in [4.78, 5) is 10.8. The first-order valence-corrected chi connectivity index (χ1v) is 3.98. The number of carboxylic acids is 1. The second-order valence-electron chi connectivity index (χ2n) is 3.19. The molecule has 0 saturated heterocycles. The zero-order valence-electron chi connectivity index (χ0n) is 6.79. The number of nitrogens with zero attached hydrogens (tertiary/aromatic N) is 1. The summed E-state index contributed by atoms with van der Waals surface area (Å²) in [5, 5.41) is 15.6. The number of aromatic carboxylic acids is 1. The van der Waals surface area contributed by atoms with E-state index in [9.17, 15) is 4.79 Å². The van der Waals surface area contributed by atoms with Crippen molar-refractivity contribution in [1.29, 1.82) is 0 Å². The molecule has 0 atom stereocenters. The van der Waals surface area contributed by atoms with E-state index in [-0.39, 0.29) is 0 Å². The SMILES string of the molecule is Cc1[nH]nc(C2CC2)c1C(=O)O. The van der Waals surface area contributed by atoms with Crippen molar-refractivity contribution in [1.82, 2.24) is 10.2 Å². The first kappa shape index (κ1) is 7.34. The van der Waals surface area contributed by atoms with Crippen molar-refractivity contribution in [2.24, 2.45) is 0 Å². The second-order valence-corrected chi connectivity index (χ2v) is 3.19. The highest BCUT2D eigenvalue weighted by atomic mass is 16.4. The fraction of sp³-hybridized carbons (Fsp3) is 0.500. The lowest BCUT2D eigenvalue weighted by Crippen LogP contribution is -2.00. The molecule has 1 fully saturated rings. The van der Waals surface area contributed by atoms with E-state index in [1.54, 1.807) is 6.92 Å². The molecule has 2 N–H and O–H groups in total. The van der Waals surface area contributed by atoms with Gasteiger partial charge in [0.05, 0.1) is 5.69 Å². The van der Waals surface area contributed by atoms with Crippen LogP contribution in [0.4, 0.5) is 0 Å². The first-order chi connectivity index (χ1) is 5.70. The van der Waals surface area contributed by atoms with Crippen LogP contribution in [0.15, 0.2) is 0 Å². The van der Waals surface area contributed by atoms with Crippen molar-refractivity contribution in [3.05, 3.63) is 17.0 Å². The Labute approximate surface area is 69.6 Å². The molecule has 1 aliphatic rings. The molecule has 0 aliphatic heterocycles. The number of hydrogen-bond acceptors (Lipinski definition) is 2. The summed E-state index contributed by atoms with van der Waals surface area (Å²) in [5.74, 6) is -0.482. The smallest absolute Gasteiger partial charge is 0.339 e. The summed E-state index contributed by atoms with van der Waals surface area (Å²) in [6, 6.07) is 0. The Morgan fingerprint density at radius 1 is 1.67 bits per heavy atom. The second kappa shape index (κ2) is 2.33. The van der Waals surface area contributed by atoms with Crippen LogP contribution in [-0.4, -0.2) is 21.3 Å². The van der Waals surface area contributed by atoms with Gasteiger partial charge in [-0.15, -0.1) is 0 Å². The molecule has 1 aromatic heterocycles. The molecule has 64 valence electrons. The highest BCUT2D eigenvalue weighted by molar-refractivity contribution is 5.90. The van der Waals surface area contributed by atoms with E-state index in [0.29, 0.717) is 17.2 Å². The molecule has 0 radical (unpaired) electrons. The molecule has 0 unspecified atom stereocenters. The Morgan fingerprint density at radius 2 is 2.33 bits per heavy atom. The maximum absolute atomic E-state index is 10.8. The quantitative estimate of drug-likeness (QED) is 0.695. The van der Waals surface area contributed by atoms with Crippen LogP contribution in [0.3, 0.4) is 0 Å². The Kier molecular flexibility index (Phi) is 1.43. The first-order valence-electron chi connectivity index (χ1n) is 3.98. The molecule has 0 amide bonds.